The second-order valence-electron chi connectivity index (χ2n) is 4.82. The highest BCUT2D eigenvalue weighted by atomic mass is 16.5. The van der Waals surface area contributed by atoms with Crippen LogP contribution < -0.4 is 15.4 Å². The van der Waals surface area contributed by atoms with Crippen LogP contribution in [0.25, 0.3) is 0 Å². The molecule has 0 fully saturated rings. The lowest BCUT2D eigenvalue weighted by Crippen LogP contribution is -2.38. The van der Waals surface area contributed by atoms with Gasteiger partial charge in [-0.3, -0.25) is 9.48 Å². The van der Waals surface area contributed by atoms with Crippen molar-refractivity contribution in [3.05, 3.63) is 41.7 Å². The van der Waals surface area contributed by atoms with E-state index in [0.29, 0.717) is 17.9 Å². The quantitative estimate of drug-likeness (QED) is 0.903. The van der Waals surface area contributed by atoms with Crippen LogP contribution in [-0.4, -0.2) is 22.3 Å². The Balaban J connectivity index is 1.86. The Morgan fingerprint density at radius 2 is 2.19 bits per heavy atom. The van der Waals surface area contributed by atoms with Crippen LogP contribution in [0.15, 0.2) is 30.6 Å². The Bertz CT molecular complexity index is 665. The van der Waals surface area contributed by atoms with E-state index in [9.17, 15) is 4.79 Å². The molecule has 0 aliphatic carbocycles. The minimum Gasteiger partial charge on any atom is -0.494 e. The molecule has 1 aliphatic rings. The molecular weight excluding hydrogens is 268 g/mol. The van der Waals surface area contributed by atoms with Gasteiger partial charge in [-0.1, -0.05) is 0 Å². The van der Waals surface area contributed by atoms with Gasteiger partial charge in [-0.25, -0.2) is 0 Å². The number of hydrogen-bond acceptors (Lipinski definition) is 4. The molecule has 0 spiro atoms. The number of fused-ring (bicyclic) bond motifs is 1. The molecule has 2 heterocycles. The van der Waals surface area contributed by atoms with Crippen LogP contribution in [0.1, 0.15) is 35.9 Å². The number of amides is 1. The fraction of sp³-hybridized carbons (Fsp3) is 0.333. The summed E-state index contributed by atoms with van der Waals surface area (Å²) in [7, 11) is 0. The molecule has 1 aromatic carbocycles. The largest absolute Gasteiger partial charge is 0.494 e. The van der Waals surface area contributed by atoms with Gasteiger partial charge in [0.2, 0.25) is 0 Å². The minimum atomic E-state index is -0.261. The van der Waals surface area contributed by atoms with Crippen molar-refractivity contribution in [3.8, 4) is 5.75 Å². The van der Waals surface area contributed by atoms with Crippen LogP contribution in [0.3, 0.4) is 0 Å². The van der Waals surface area contributed by atoms with Crippen molar-refractivity contribution in [3.63, 3.8) is 0 Å². The second kappa shape index (κ2) is 5.47. The molecule has 0 radical (unpaired) electrons. The molecule has 0 saturated carbocycles. The number of hydrogen-bond donors (Lipinski definition) is 2. The highest BCUT2D eigenvalue weighted by Crippen LogP contribution is 2.29. The van der Waals surface area contributed by atoms with Crippen LogP contribution in [-0.2, 0) is 6.54 Å². The van der Waals surface area contributed by atoms with E-state index in [0.717, 1.165) is 17.8 Å². The number of aromatic nitrogens is 2. The van der Waals surface area contributed by atoms with Gasteiger partial charge in [0.15, 0.2) is 0 Å². The number of nitrogens with one attached hydrogen (secondary N) is 2. The van der Waals surface area contributed by atoms with Crippen molar-refractivity contribution >= 4 is 11.6 Å². The molecule has 1 aliphatic heterocycles. The average molecular weight is 286 g/mol. The predicted octanol–water partition coefficient (Wildman–Crippen LogP) is 2.16. The van der Waals surface area contributed by atoms with Crippen LogP contribution in [0.2, 0.25) is 0 Å². The third-order valence-corrected chi connectivity index (χ3v) is 3.43. The normalized spacial score (nSPS) is 16.9. The summed E-state index contributed by atoms with van der Waals surface area (Å²) in [5.41, 5.74) is 2.33. The van der Waals surface area contributed by atoms with E-state index in [2.05, 4.69) is 15.7 Å². The summed E-state index contributed by atoms with van der Waals surface area (Å²) in [4.78, 5) is 12.3. The molecule has 6 heteroatoms. The van der Waals surface area contributed by atoms with Crippen molar-refractivity contribution < 1.29 is 9.53 Å². The zero-order valence-electron chi connectivity index (χ0n) is 12.1. The summed E-state index contributed by atoms with van der Waals surface area (Å²) in [5, 5.41) is 10.5. The van der Waals surface area contributed by atoms with Crippen molar-refractivity contribution in [2.75, 3.05) is 11.9 Å². The summed E-state index contributed by atoms with van der Waals surface area (Å²) in [6, 6.07) is 5.49. The molecule has 2 aromatic rings. The Morgan fingerprint density at radius 3 is 2.90 bits per heavy atom. The predicted molar refractivity (Wildman–Crippen MR) is 79.3 cm³/mol. The number of nitrogens with zero attached hydrogens (tertiary/aromatic N) is 2. The highest BCUT2D eigenvalue weighted by Gasteiger charge is 2.25. The number of aryl methyl sites for hydroxylation is 1. The first-order chi connectivity index (χ1) is 10.2. The molecule has 110 valence electrons. The van der Waals surface area contributed by atoms with E-state index in [-0.39, 0.29) is 12.1 Å². The zero-order valence-corrected chi connectivity index (χ0v) is 12.1. The Hall–Kier alpha value is -2.50. The van der Waals surface area contributed by atoms with E-state index in [1.807, 2.05) is 36.9 Å². The summed E-state index contributed by atoms with van der Waals surface area (Å²) >= 11 is 0. The number of benzene rings is 1. The van der Waals surface area contributed by atoms with Gasteiger partial charge >= 0.3 is 0 Å². The minimum absolute atomic E-state index is 0.112. The lowest BCUT2D eigenvalue weighted by atomic mass is 10.1. The lowest BCUT2D eigenvalue weighted by molar-refractivity contribution is 0.0935. The van der Waals surface area contributed by atoms with Crippen LogP contribution in [0, 0.1) is 0 Å². The highest BCUT2D eigenvalue weighted by molar-refractivity contribution is 6.02. The standard InChI is InChI=1S/C15H18N4O2/c1-3-19-9-10(8-16-19)14-17-13-6-5-11(21-4-2)7-12(13)15(20)18-14/h5-9,14,17H,3-4H2,1-2H3,(H,18,20)/t14-/m1/s1. The third-order valence-electron chi connectivity index (χ3n) is 3.43. The van der Waals surface area contributed by atoms with E-state index < -0.39 is 0 Å². The summed E-state index contributed by atoms with van der Waals surface area (Å²) in [6.45, 7) is 5.31. The van der Waals surface area contributed by atoms with Crippen molar-refractivity contribution in [1.82, 2.24) is 15.1 Å². The fourth-order valence-electron chi connectivity index (χ4n) is 2.36. The molecule has 0 unspecified atom stereocenters. The molecule has 21 heavy (non-hydrogen) atoms. The van der Waals surface area contributed by atoms with E-state index in [4.69, 9.17) is 4.74 Å². The molecule has 0 bridgehead atoms. The van der Waals surface area contributed by atoms with Gasteiger partial charge in [-0.05, 0) is 32.0 Å². The molecule has 1 atom stereocenters. The lowest BCUT2D eigenvalue weighted by Gasteiger charge is -2.27. The number of ether oxygens (including phenoxy) is 1. The van der Waals surface area contributed by atoms with Crippen LogP contribution in [0.4, 0.5) is 5.69 Å². The topological polar surface area (TPSA) is 68.2 Å². The number of carbonyl (C=O) groups excluding carboxylic acids is 1. The summed E-state index contributed by atoms with van der Waals surface area (Å²) < 4.78 is 7.26. The van der Waals surface area contributed by atoms with Crippen molar-refractivity contribution in [2.24, 2.45) is 0 Å². The SMILES string of the molecule is CCOc1ccc2c(c1)C(=O)N[C@H](c1cnn(CC)c1)N2. The zero-order chi connectivity index (χ0) is 14.8. The van der Waals surface area contributed by atoms with Gasteiger partial charge in [-0.2, -0.15) is 5.10 Å². The summed E-state index contributed by atoms with van der Waals surface area (Å²) in [6.07, 6.45) is 3.43. The van der Waals surface area contributed by atoms with Gasteiger partial charge in [0.25, 0.3) is 5.91 Å². The van der Waals surface area contributed by atoms with E-state index >= 15 is 0 Å². The first-order valence-corrected chi connectivity index (χ1v) is 7.08. The molecule has 3 rings (SSSR count). The van der Waals surface area contributed by atoms with Gasteiger partial charge in [0.1, 0.15) is 11.9 Å². The fourth-order valence-corrected chi connectivity index (χ4v) is 2.36. The number of anilines is 1. The van der Waals surface area contributed by atoms with Gasteiger partial charge < -0.3 is 15.4 Å². The molecule has 0 saturated heterocycles. The molecular formula is C15H18N4O2. The van der Waals surface area contributed by atoms with E-state index in [1.54, 1.807) is 12.3 Å². The third kappa shape index (κ3) is 2.56. The van der Waals surface area contributed by atoms with Gasteiger partial charge in [-0.15, -0.1) is 0 Å². The number of carbonyl (C=O) groups is 1. The maximum absolute atomic E-state index is 12.3. The van der Waals surface area contributed by atoms with Crippen molar-refractivity contribution in [1.29, 1.82) is 0 Å². The molecule has 6 nitrogen and oxygen atoms in total. The van der Waals surface area contributed by atoms with Crippen LogP contribution in [0.5, 0.6) is 5.75 Å². The molecule has 1 aromatic heterocycles. The monoisotopic (exact) mass is 286 g/mol. The van der Waals surface area contributed by atoms with Gasteiger partial charge in [0, 0.05) is 24.0 Å². The number of rotatable bonds is 4. The smallest absolute Gasteiger partial charge is 0.255 e. The first kappa shape index (κ1) is 13.5. The molecule has 1 amide bonds. The maximum Gasteiger partial charge on any atom is 0.255 e. The van der Waals surface area contributed by atoms with E-state index in [1.165, 1.54) is 0 Å². The first-order valence-electron chi connectivity index (χ1n) is 7.08. The Morgan fingerprint density at radius 1 is 1.33 bits per heavy atom. The second-order valence-corrected chi connectivity index (χ2v) is 4.82. The van der Waals surface area contributed by atoms with Gasteiger partial charge in [0.05, 0.1) is 18.4 Å². The molecule has 2 N–H and O–H groups in total. The Labute approximate surface area is 123 Å². The Kier molecular flexibility index (Phi) is 3.51. The maximum atomic E-state index is 12.3. The van der Waals surface area contributed by atoms with Crippen LogP contribution >= 0.6 is 0 Å². The van der Waals surface area contributed by atoms with Crippen molar-refractivity contribution in [2.45, 2.75) is 26.6 Å². The average Bonchev–Trinajstić information content (AvgIpc) is 2.97. The summed E-state index contributed by atoms with van der Waals surface area (Å²) in [5.74, 6) is 0.588.